The van der Waals surface area contributed by atoms with Gasteiger partial charge in [-0.15, -0.1) is 0 Å². The minimum atomic E-state index is -3.48. The molecule has 1 aromatic heterocycles. The number of Topliss-reactive ketones (excluding diaryl/α,β-unsaturated/α-hetero) is 1. The molecule has 7 heteroatoms. The number of carbonyl (C=O) groups is 2. The summed E-state index contributed by atoms with van der Waals surface area (Å²) in [6.45, 7) is 2.20. The van der Waals surface area contributed by atoms with Gasteiger partial charge in [0, 0.05) is 24.0 Å². The maximum atomic E-state index is 13.1. The van der Waals surface area contributed by atoms with Crippen LogP contribution in [0.25, 0.3) is 0 Å². The van der Waals surface area contributed by atoms with Crippen LogP contribution in [0.15, 0.2) is 47.5 Å². The van der Waals surface area contributed by atoms with E-state index in [9.17, 15) is 23.1 Å². The van der Waals surface area contributed by atoms with Crippen molar-refractivity contribution in [1.29, 1.82) is 0 Å². The molecule has 0 saturated heterocycles. The molecule has 132 valence electrons. The number of ketones is 1. The standard InChI is InChI=1S/C18H19NO5S/c1-2-11-25(23,24)14-6-3-5-13(12-14)16(20)18(17(21)22)8-10-19-9-4-7-15(18)19/h3-7,9,12H,2,8,10-11H2,1H3,(H,21,22). The third kappa shape index (κ3) is 2.68. The Morgan fingerprint density at radius 1 is 1.24 bits per heavy atom. The van der Waals surface area contributed by atoms with Crippen molar-refractivity contribution in [2.45, 2.75) is 36.6 Å². The molecule has 3 rings (SSSR count). The largest absolute Gasteiger partial charge is 0.480 e. The summed E-state index contributed by atoms with van der Waals surface area (Å²) in [7, 11) is -3.48. The van der Waals surface area contributed by atoms with Crippen LogP contribution in [-0.2, 0) is 26.6 Å². The van der Waals surface area contributed by atoms with Crippen LogP contribution in [0, 0.1) is 0 Å². The number of aliphatic carboxylic acids is 1. The molecular weight excluding hydrogens is 342 g/mol. The van der Waals surface area contributed by atoms with Gasteiger partial charge in [-0.25, -0.2) is 8.42 Å². The number of carbonyl (C=O) groups excluding carboxylic acids is 1. The quantitative estimate of drug-likeness (QED) is 0.629. The third-order valence-corrected chi connectivity index (χ3v) is 6.59. The molecular formula is C18H19NO5S. The molecule has 0 amide bonds. The summed E-state index contributed by atoms with van der Waals surface area (Å²) in [5.74, 6) is -1.81. The monoisotopic (exact) mass is 361 g/mol. The first-order valence-corrected chi connectivity index (χ1v) is 9.75. The number of nitrogens with zero attached hydrogens (tertiary/aromatic N) is 1. The molecule has 25 heavy (non-hydrogen) atoms. The second-order valence-corrected chi connectivity index (χ2v) is 8.33. The Morgan fingerprint density at radius 2 is 2.00 bits per heavy atom. The Kier molecular flexibility index (Phi) is 4.28. The molecule has 1 unspecified atom stereocenters. The normalized spacial score (nSPS) is 19.6. The molecule has 1 aromatic carbocycles. The van der Waals surface area contributed by atoms with Crippen molar-refractivity contribution in [3.8, 4) is 0 Å². The van der Waals surface area contributed by atoms with Gasteiger partial charge in [-0.3, -0.25) is 9.59 Å². The fraction of sp³-hybridized carbons (Fsp3) is 0.333. The number of fused-ring (bicyclic) bond motifs is 1. The fourth-order valence-electron chi connectivity index (χ4n) is 3.42. The average Bonchev–Trinajstić information content (AvgIpc) is 3.16. The number of aryl methyl sites for hydroxylation is 1. The minimum absolute atomic E-state index is 0.0163. The maximum Gasteiger partial charge on any atom is 0.323 e. The molecule has 0 bridgehead atoms. The highest BCUT2D eigenvalue weighted by molar-refractivity contribution is 7.91. The molecule has 1 atom stereocenters. The van der Waals surface area contributed by atoms with E-state index >= 15 is 0 Å². The summed E-state index contributed by atoms with van der Waals surface area (Å²) < 4.78 is 26.3. The molecule has 2 heterocycles. The molecule has 6 nitrogen and oxygen atoms in total. The van der Waals surface area contributed by atoms with Gasteiger partial charge in [0.1, 0.15) is 0 Å². The summed E-state index contributed by atoms with van der Waals surface area (Å²) in [6.07, 6.45) is 2.37. The van der Waals surface area contributed by atoms with Crippen LogP contribution >= 0.6 is 0 Å². The van der Waals surface area contributed by atoms with E-state index in [0.29, 0.717) is 18.7 Å². The first kappa shape index (κ1) is 17.4. The van der Waals surface area contributed by atoms with E-state index in [1.54, 1.807) is 29.8 Å². The van der Waals surface area contributed by atoms with Gasteiger partial charge in [-0.2, -0.15) is 0 Å². The van der Waals surface area contributed by atoms with E-state index in [1.807, 2.05) is 0 Å². The Hall–Kier alpha value is -2.41. The van der Waals surface area contributed by atoms with E-state index in [4.69, 9.17) is 0 Å². The molecule has 2 aromatic rings. The summed E-state index contributed by atoms with van der Waals surface area (Å²) in [6, 6.07) is 9.04. The van der Waals surface area contributed by atoms with Crippen molar-refractivity contribution >= 4 is 21.6 Å². The number of hydrogen-bond donors (Lipinski definition) is 1. The number of hydrogen-bond acceptors (Lipinski definition) is 4. The maximum absolute atomic E-state index is 13.1. The number of aromatic nitrogens is 1. The second-order valence-electron chi connectivity index (χ2n) is 6.22. The lowest BCUT2D eigenvalue weighted by Crippen LogP contribution is -2.42. The highest BCUT2D eigenvalue weighted by Crippen LogP contribution is 2.39. The van der Waals surface area contributed by atoms with Gasteiger partial charge in [-0.05, 0) is 37.1 Å². The first-order chi connectivity index (χ1) is 11.8. The van der Waals surface area contributed by atoms with Gasteiger partial charge in [0.25, 0.3) is 0 Å². The van der Waals surface area contributed by atoms with Crippen molar-refractivity contribution < 1.29 is 23.1 Å². The van der Waals surface area contributed by atoms with Crippen molar-refractivity contribution in [3.63, 3.8) is 0 Å². The Balaban J connectivity index is 2.08. The van der Waals surface area contributed by atoms with Gasteiger partial charge in [0.2, 0.25) is 0 Å². The zero-order valence-electron chi connectivity index (χ0n) is 13.8. The number of carboxylic acids is 1. The van der Waals surface area contributed by atoms with Gasteiger partial charge >= 0.3 is 5.97 Å². The molecule has 0 saturated carbocycles. The second kappa shape index (κ2) is 6.15. The molecule has 1 aliphatic heterocycles. The van der Waals surface area contributed by atoms with Crippen LogP contribution in [0.4, 0.5) is 0 Å². The number of rotatable bonds is 6. The average molecular weight is 361 g/mol. The van der Waals surface area contributed by atoms with Crippen LogP contribution in [0.5, 0.6) is 0 Å². The molecule has 1 aliphatic rings. The first-order valence-electron chi connectivity index (χ1n) is 8.09. The summed E-state index contributed by atoms with van der Waals surface area (Å²) in [5, 5.41) is 9.82. The number of sulfone groups is 1. The molecule has 1 N–H and O–H groups in total. The van der Waals surface area contributed by atoms with Gasteiger partial charge in [-0.1, -0.05) is 19.1 Å². The minimum Gasteiger partial charge on any atom is -0.480 e. The van der Waals surface area contributed by atoms with Crippen LogP contribution < -0.4 is 0 Å². The van der Waals surface area contributed by atoms with E-state index in [-0.39, 0.29) is 22.6 Å². The van der Waals surface area contributed by atoms with Crippen LogP contribution in [0.2, 0.25) is 0 Å². The Morgan fingerprint density at radius 3 is 2.68 bits per heavy atom. The van der Waals surface area contributed by atoms with Crippen molar-refractivity contribution in [3.05, 3.63) is 53.9 Å². The fourth-order valence-corrected chi connectivity index (χ4v) is 4.79. The lowest BCUT2D eigenvalue weighted by atomic mass is 9.76. The summed E-state index contributed by atoms with van der Waals surface area (Å²) in [5.41, 5.74) is -1.13. The zero-order valence-corrected chi connectivity index (χ0v) is 14.6. The van der Waals surface area contributed by atoms with E-state index < -0.39 is 27.0 Å². The third-order valence-electron chi connectivity index (χ3n) is 4.68. The number of carboxylic acid groups (broad SMARTS) is 1. The molecule has 0 radical (unpaired) electrons. The van der Waals surface area contributed by atoms with Gasteiger partial charge in [0.05, 0.1) is 10.6 Å². The SMILES string of the molecule is CCCS(=O)(=O)c1cccc(C(=O)C2(C(=O)O)CCn3cccc32)c1. The summed E-state index contributed by atoms with van der Waals surface area (Å²) in [4.78, 5) is 25.2. The molecule has 0 fully saturated rings. The van der Waals surface area contributed by atoms with E-state index in [2.05, 4.69) is 0 Å². The van der Waals surface area contributed by atoms with Crippen molar-refractivity contribution in [2.24, 2.45) is 0 Å². The predicted octanol–water partition coefficient (Wildman–Crippen LogP) is 2.28. The lowest BCUT2D eigenvalue weighted by Gasteiger charge is -2.22. The number of benzene rings is 1. The Labute approximate surface area is 146 Å². The van der Waals surface area contributed by atoms with Crippen LogP contribution in [0.3, 0.4) is 0 Å². The zero-order chi connectivity index (χ0) is 18.2. The topological polar surface area (TPSA) is 93.4 Å². The summed E-state index contributed by atoms with van der Waals surface area (Å²) >= 11 is 0. The van der Waals surface area contributed by atoms with Crippen LogP contribution in [-0.4, -0.2) is 35.6 Å². The van der Waals surface area contributed by atoms with Gasteiger partial charge < -0.3 is 9.67 Å². The molecule has 0 aliphatic carbocycles. The smallest absolute Gasteiger partial charge is 0.323 e. The van der Waals surface area contributed by atoms with E-state index in [1.165, 1.54) is 24.3 Å². The Bertz CT molecular complexity index is 944. The highest BCUT2D eigenvalue weighted by Gasteiger charge is 2.52. The predicted molar refractivity (Wildman–Crippen MR) is 91.5 cm³/mol. The van der Waals surface area contributed by atoms with E-state index in [0.717, 1.165) is 0 Å². The van der Waals surface area contributed by atoms with Crippen LogP contribution in [0.1, 0.15) is 35.8 Å². The molecule has 0 spiro atoms. The highest BCUT2D eigenvalue weighted by atomic mass is 32.2. The van der Waals surface area contributed by atoms with Crippen molar-refractivity contribution in [1.82, 2.24) is 4.57 Å². The lowest BCUT2D eigenvalue weighted by molar-refractivity contribution is -0.141. The van der Waals surface area contributed by atoms with Gasteiger partial charge in [0.15, 0.2) is 21.0 Å². The van der Waals surface area contributed by atoms with Crippen molar-refractivity contribution in [2.75, 3.05) is 5.75 Å².